The molecule has 0 spiro atoms. The highest BCUT2D eigenvalue weighted by atomic mass is 32.2. The van der Waals surface area contributed by atoms with Crippen LogP contribution in [0.3, 0.4) is 0 Å². The Labute approximate surface area is 164 Å². The molecular formula is C19H23N3O5S. The average Bonchev–Trinajstić information content (AvgIpc) is 2.61. The molecule has 8 nitrogen and oxygen atoms in total. The van der Waals surface area contributed by atoms with Gasteiger partial charge in [-0.2, -0.15) is 0 Å². The van der Waals surface area contributed by atoms with E-state index in [1.165, 1.54) is 36.4 Å². The molecule has 0 aliphatic rings. The first-order chi connectivity index (χ1) is 13.0. The summed E-state index contributed by atoms with van der Waals surface area (Å²) in [5, 5.41) is 13.3. The van der Waals surface area contributed by atoms with Crippen LogP contribution >= 0.6 is 0 Å². The van der Waals surface area contributed by atoms with Gasteiger partial charge in [-0.25, -0.2) is 13.1 Å². The highest BCUT2D eigenvalue weighted by Crippen LogP contribution is 2.23. The van der Waals surface area contributed by atoms with E-state index in [0.717, 1.165) is 5.56 Å². The monoisotopic (exact) mass is 405 g/mol. The minimum atomic E-state index is -3.73. The minimum absolute atomic E-state index is 0.0830. The zero-order chi connectivity index (χ0) is 20.9. The van der Waals surface area contributed by atoms with Crippen LogP contribution in [-0.4, -0.2) is 25.8 Å². The number of nitro benzene ring substituents is 1. The molecule has 0 aromatic heterocycles. The number of nitro groups is 1. The fourth-order valence-electron chi connectivity index (χ4n) is 2.44. The molecule has 0 heterocycles. The molecule has 2 N–H and O–H groups in total. The molecule has 9 heteroatoms. The van der Waals surface area contributed by atoms with E-state index < -0.39 is 20.9 Å². The third-order valence-electron chi connectivity index (χ3n) is 4.02. The van der Waals surface area contributed by atoms with Gasteiger partial charge in [-0.05, 0) is 29.2 Å². The number of amides is 1. The van der Waals surface area contributed by atoms with Gasteiger partial charge in [0.25, 0.3) is 5.69 Å². The van der Waals surface area contributed by atoms with Crippen LogP contribution in [0.2, 0.25) is 0 Å². The number of anilines is 1. The maximum absolute atomic E-state index is 12.3. The van der Waals surface area contributed by atoms with Crippen molar-refractivity contribution in [2.45, 2.75) is 37.5 Å². The molecule has 1 amide bonds. The summed E-state index contributed by atoms with van der Waals surface area (Å²) in [7, 11) is -3.73. The van der Waals surface area contributed by atoms with Gasteiger partial charge in [0.15, 0.2) is 0 Å². The summed E-state index contributed by atoms with van der Waals surface area (Å²) in [6.45, 7) is 6.02. The van der Waals surface area contributed by atoms with Crippen LogP contribution in [0.1, 0.15) is 32.8 Å². The molecule has 0 atom stereocenters. The molecule has 0 saturated carbocycles. The van der Waals surface area contributed by atoms with Crippen molar-refractivity contribution in [2.75, 3.05) is 11.9 Å². The summed E-state index contributed by atoms with van der Waals surface area (Å²) in [6, 6.07) is 12.1. The lowest BCUT2D eigenvalue weighted by Gasteiger charge is -2.19. The van der Waals surface area contributed by atoms with Crippen molar-refractivity contribution < 1.29 is 18.1 Å². The topological polar surface area (TPSA) is 118 Å². The van der Waals surface area contributed by atoms with Crippen molar-refractivity contribution in [1.29, 1.82) is 0 Å². The molecular weight excluding hydrogens is 382 g/mol. The number of nitrogens with zero attached hydrogens (tertiary/aromatic N) is 1. The standard InChI is InChI=1S/C19H23N3O5S/c1-19(2,3)14-7-9-17(10-8-14)28(26,27)20-12-11-18(23)21-15-5-4-6-16(13-15)22(24)25/h4-10,13,20H,11-12H2,1-3H3,(H,21,23). The molecule has 2 rings (SSSR count). The number of hydrogen-bond acceptors (Lipinski definition) is 5. The molecule has 28 heavy (non-hydrogen) atoms. The molecule has 2 aromatic rings. The van der Waals surface area contributed by atoms with Crippen molar-refractivity contribution in [2.24, 2.45) is 0 Å². The van der Waals surface area contributed by atoms with Crippen molar-refractivity contribution in [3.63, 3.8) is 0 Å². The number of benzene rings is 2. The molecule has 0 saturated heterocycles. The van der Waals surface area contributed by atoms with E-state index >= 15 is 0 Å². The Morgan fingerprint density at radius 1 is 1.11 bits per heavy atom. The SMILES string of the molecule is CC(C)(C)c1ccc(S(=O)(=O)NCCC(=O)Nc2cccc([N+](=O)[O-])c2)cc1. The lowest BCUT2D eigenvalue weighted by Crippen LogP contribution is -2.28. The largest absolute Gasteiger partial charge is 0.326 e. The van der Waals surface area contributed by atoms with Crippen molar-refractivity contribution >= 4 is 27.3 Å². The first-order valence-electron chi connectivity index (χ1n) is 8.63. The Morgan fingerprint density at radius 3 is 2.32 bits per heavy atom. The fraction of sp³-hybridized carbons (Fsp3) is 0.316. The van der Waals surface area contributed by atoms with Crippen LogP contribution in [0, 0.1) is 10.1 Å². The molecule has 0 fully saturated rings. The fourth-order valence-corrected chi connectivity index (χ4v) is 3.47. The molecule has 0 bridgehead atoms. The first-order valence-corrected chi connectivity index (χ1v) is 10.1. The van der Waals surface area contributed by atoms with E-state index in [1.807, 2.05) is 20.8 Å². The Hall–Kier alpha value is -2.78. The van der Waals surface area contributed by atoms with E-state index in [-0.39, 0.29) is 34.7 Å². The Morgan fingerprint density at radius 2 is 1.75 bits per heavy atom. The maximum atomic E-state index is 12.3. The van der Waals surface area contributed by atoms with Crippen LogP contribution < -0.4 is 10.0 Å². The predicted octanol–water partition coefficient (Wildman–Crippen LogP) is 3.20. The summed E-state index contributed by atoms with van der Waals surface area (Å²) < 4.78 is 27.1. The maximum Gasteiger partial charge on any atom is 0.271 e. The quantitative estimate of drug-likeness (QED) is 0.542. The number of nitrogens with one attached hydrogen (secondary N) is 2. The first kappa shape index (κ1) is 21.5. The van der Waals surface area contributed by atoms with E-state index in [4.69, 9.17) is 0 Å². The van der Waals surface area contributed by atoms with E-state index in [9.17, 15) is 23.3 Å². The van der Waals surface area contributed by atoms with Crippen LogP contribution in [0.4, 0.5) is 11.4 Å². The van der Waals surface area contributed by atoms with Crippen LogP contribution in [-0.2, 0) is 20.2 Å². The van der Waals surface area contributed by atoms with Crippen LogP contribution in [0.15, 0.2) is 53.4 Å². The van der Waals surface area contributed by atoms with E-state index in [1.54, 1.807) is 12.1 Å². The predicted molar refractivity (Wildman–Crippen MR) is 107 cm³/mol. The van der Waals surface area contributed by atoms with Gasteiger partial charge >= 0.3 is 0 Å². The summed E-state index contributed by atoms with van der Waals surface area (Å²) in [5.74, 6) is -0.453. The Bertz CT molecular complexity index is 964. The third kappa shape index (κ3) is 5.86. The summed E-state index contributed by atoms with van der Waals surface area (Å²) in [6.07, 6.45) is -0.109. The Balaban J connectivity index is 1.92. The van der Waals surface area contributed by atoms with Gasteiger partial charge in [0, 0.05) is 30.8 Å². The average molecular weight is 405 g/mol. The van der Waals surface area contributed by atoms with Gasteiger partial charge in [0.1, 0.15) is 0 Å². The lowest BCUT2D eigenvalue weighted by atomic mass is 9.87. The van der Waals surface area contributed by atoms with Gasteiger partial charge in [0.05, 0.1) is 9.82 Å². The lowest BCUT2D eigenvalue weighted by molar-refractivity contribution is -0.384. The normalized spacial score (nSPS) is 11.8. The second-order valence-electron chi connectivity index (χ2n) is 7.28. The third-order valence-corrected chi connectivity index (χ3v) is 5.49. The smallest absolute Gasteiger partial charge is 0.271 e. The molecule has 0 unspecified atom stereocenters. The van der Waals surface area contributed by atoms with Gasteiger partial charge in [-0.3, -0.25) is 14.9 Å². The zero-order valence-corrected chi connectivity index (χ0v) is 16.7. The number of carbonyl (C=O) groups excluding carboxylic acids is 1. The second kappa shape index (κ2) is 8.49. The number of hydrogen-bond donors (Lipinski definition) is 2. The number of non-ortho nitro benzene ring substituents is 1. The summed E-state index contributed by atoms with van der Waals surface area (Å²) in [4.78, 5) is 22.3. The van der Waals surface area contributed by atoms with E-state index in [2.05, 4.69) is 10.0 Å². The highest BCUT2D eigenvalue weighted by Gasteiger charge is 2.18. The Kier molecular flexibility index (Phi) is 6.52. The van der Waals surface area contributed by atoms with Crippen molar-refractivity contribution in [3.05, 3.63) is 64.2 Å². The minimum Gasteiger partial charge on any atom is -0.326 e. The molecule has 150 valence electrons. The van der Waals surface area contributed by atoms with Gasteiger partial charge in [-0.1, -0.05) is 39.0 Å². The molecule has 0 aliphatic carbocycles. The van der Waals surface area contributed by atoms with Gasteiger partial charge < -0.3 is 5.32 Å². The summed E-state index contributed by atoms with van der Waals surface area (Å²) in [5.41, 5.74) is 1.07. The van der Waals surface area contributed by atoms with Crippen LogP contribution in [0.5, 0.6) is 0 Å². The molecule has 0 aliphatic heterocycles. The van der Waals surface area contributed by atoms with Crippen molar-refractivity contribution in [3.8, 4) is 0 Å². The molecule has 2 aromatic carbocycles. The zero-order valence-electron chi connectivity index (χ0n) is 15.9. The number of rotatable bonds is 7. The van der Waals surface area contributed by atoms with Gasteiger partial charge in [-0.15, -0.1) is 0 Å². The van der Waals surface area contributed by atoms with Crippen molar-refractivity contribution in [1.82, 2.24) is 4.72 Å². The molecule has 0 radical (unpaired) electrons. The number of sulfonamides is 1. The summed E-state index contributed by atoms with van der Waals surface area (Å²) >= 11 is 0. The van der Waals surface area contributed by atoms with Crippen LogP contribution in [0.25, 0.3) is 0 Å². The second-order valence-corrected chi connectivity index (χ2v) is 9.04. The number of carbonyl (C=O) groups is 1. The van der Waals surface area contributed by atoms with Gasteiger partial charge in [0.2, 0.25) is 15.9 Å². The van der Waals surface area contributed by atoms with E-state index in [0.29, 0.717) is 0 Å². The highest BCUT2D eigenvalue weighted by molar-refractivity contribution is 7.89.